The first-order chi connectivity index (χ1) is 17.8. The molecule has 0 bridgehead atoms. The van der Waals surface area contributed by atoms with E-state index in [9.17, 15) is 14.4 Å². The highest BCUT2D eigenvalue weighted by molar-refractivity contribution is 5.92. The molecule has 9 nitrogen and oxygen atoms in total. The van der Waals surface area contributed by atoms with Crippen molar-refractivity contribution < 1.29 is 32.6 Å². The van der Waals surface area contributed by atoms with Crippen LogP contribution in [-0.2, 0) is 0 Å². The van der Waals surface area contributed by atoms with Crippen molar-refractivity contribution in [2.24, 2.45) is 0 Å². The molecule has 9 heteroatoms. The zero-order valence-corrected chi connectivity index (χ0v) is 20.0. The molecule has 0 radical (unpaired) electrons. The van der Waals surface area contributed by atoms with Gasteiger partial charge in [-0.1, -0.05) is 0 Å². The number of methoxy groups -OCH3 is 2. The molecule has 0 amide bonds. The van der Waals surface area contributed by atoms with Crippen molar-refractivity contribution in [2.45, 2.75) is 6.92 Å². The molecule has 37 heavy (non-hydrogen) atoms. The van der Waals surface area contributed by atoms with E-state index in [-0.39, 0.29) is 28.0 Å². The first-order valence-corrected chi connectivity index (χ1v) is 11.1. The van der Waals surface area contributed by atoms with Gasteiger partial charge in [-0.25, -0.2) is 9.59 Å². The van der Waals surface area contributed by atoms with Crippen molar-refractivity contribution in [3.05, 3.63) is 98.7 Å². The number of benzene rings is 3. The van der Waals surface area contributed by atoms with Gasteiger partial charge in [-0.3, -0.25) is 4.79 Å². The summed E-state index contributed by atoms with van der Waals surface area (Å²) >= 11 is 0. The van der Waals surface area contributed by atoms with Gasteiger partial charge in [0.05, 0.1) is 25.2 Å². The largest absolute Gasteiger partial charge is 0.497 e. The molecule has 5 aromatic rings. The Labute approximate surface area is 209 Å². The van der Waals surface area contributed by atoms with Crippen molar-refractivity contribution in [3.63, 3.8) is 0 Å². The lowest BCUT2D eigenvalue weighted by atomic mass is 10.1. The molecule has 0 unspecified atom stereocenters. The quantitative estimate of drug-likeness (QED) is 0.175. The molecule has 0 N–H and O–H groups in total. The van der Waals surface area contributed by atoms with Crippen molar-refractivity contribution in [2.75, 3.05) is 14.2 Å². The average molecular weight is 500 g/mol. The molecule has 3 aromatic carbocycles. The van der Waals surface area contributed by atoms with Gasteiger partial charge in [0, 0.05) is 29.7 Å². The number of carbonyl (C=O) groups is 1. The van der Waals surface area contributed by atoms with E-state index in [2.05, 4.69) is 0 Å². The molecule has 186 valence electrons. The number of fused-ring (bicyclic) bond motifs is 2. The van der Waals surface area contributed by atoms with Gasteiger partial charge in [0.15, 0.2) is 0 Å². The van der Waals surface area contributed by atoms with Crippen LogP contribution in [0.3, 0.4) is 0 Å². The lowest BCUT2D eigenvalue weighted by Gasteiger charge is -2.09. The number of carbonyl (C=O) groups excluding carboxylic acids is 1. The summed E-state index contributed by atoms with van der Waals surface area (Å²) in [5, 5.41) is 0.982. The smallest absolute Gasteiger partial charge is 0.343 e. The minimum Gasteiger partial charge on any atom is -0.497 e. The number of esters is 1. The third kappa shape index (κ3) is 4.74. The highest BCUT2D eigenvalue weighted by Crippen LogP contribution is 2.28. The Bertz CT molecular complexity index is 1760. The summed E-state index contributed by atoms with van der Waals surface area (Å²) < 4.78 is 32.4. The zero-order valence-electron chi connectivity index (χ0n) is 20.0. The van der Waals surface area contributed by atoms with Crippen LogP contribution in [0.25, 0.3) is 21.9 Å². The van der Waals surface area contributed by atoms with Crippen LogP contribution in [0.5, 0.6) is 28.7 Å². The molecule has 0 aliphatic heterocycles. The van der Waals surface area contributed by atoms with Crippen molar-refractivity contribution in [1.82, 2.24) is 0 Å². The van der Waals surface area contributed by atoms with Crippen LogP contribution < -0.4 is 30.0 Å². The molecule has 0 aliphatic rings. The molecule has 2 aromatic heterocycles. The van der Waals surface area contributed by atoms with E-state index >= 15 is 0 Å². The Balaban J connectivity index is 1.41. The van der Waals surface area contributed by atoms with E-state index in [1.807, 2.05) is 0 Å². The van der Waals surface area contributed by atoms with E-state index in [0.29, 0.717) is 22.8 Å². The Kier molecular flexibility index (Phi) is 6.10. The third-order valence-electron chi connectivity index (χ3n) is 5.66. The van der Waals surface area contributed by atoms with Gasteiger partial charge in [0.25, 0.3) is 0 Å². The topological polar surface area (TPSA) is 114 Å². The molecule has 0 saturated heterocycles. The van der Waals surface area contributed by atoms with Gasteiger partial charge in [-0.2, -0.15) is 0 Å². The van der Waals surface area contributed by atoms with Crippen LogP contribution in [0, 0.1) is 6.92 Å². The first-order valence-electron chi connectivity index (χ1n) is 11.1. The van der Waals surface area contributed by atoms with Crippen LogP contribution in [0.4, 0.5) is 0 Å². The predicted molar refractivity (Wildman–Crippen MR) is 134 cm³/mol. The zero-order chi connectivity index (χ0) is 26.1. The summed E-state index contributed by atoms with van der Waals surface area (Å²) in [6, 6.07) is 15.4. The van der Waals surface area contributed by atoms with Crippen LogP contribution in [0.1, 0.15) is 15.9 Å². The summed E-state index contributed by atoms with van der Waals surface area (Å²) in [7, 11) is 2.96. The molecule has 5 rings (SSSR count). The maximum atomic E-state index is 13.0. The fraction of sp³-hybridized carbons (Fsp3) is 0.107. The van der Waals surface area contributed by atoms with Crippen LogP contribution in [-0.4, -0.2) is 20.2 Å². The lowest BCUT2D eigenvalue weighted by molar-refractivity contribution is 0.0734. The summed E-state index contributed by atoms with van der Waals surface area (Å²) in [5.41, 5.74) is 0.628. The van der Waals surface area contributed by atoms with E-state index in [0.717, 1.165) is 10.9 Å². The molecule has 0 saturated carbocycles. The summed E-state index contributed by atoms with van der Waals surface area (Å²) in [5.74, 6) is 0.648. The summed E-state index contributed by atoms with van der Waals surface area (Å²) in [6.07, 6.45) is 1.17. The number of hydrogen-bond acceptors (Lipinski definition) is 9. The molecule has 0 spiro atoms. The van der Waals surface area contributed by atoms with Crippen molar-refractivity contribution in [3.8, 4) is 28.7 Å². The maximum absolute atomic E-state index is 13.0. The molecule has 0 fully saturated rings. The van der Waals surface area contributed by atoms with E-state index < -0.39 is 17.0 Å². The second kappa shape index (κ2) is 9.54. The highest BCUT2D eigenvalue weighted by atomic mass is 16.5. The van der Waals surface area contributed by atoms with Crippen molar-refractivity contribution in [1.29, 1.82) is 0 Å². The fourth-order valence-corrected chi connectivity index (χ4v) is 3.81. The Morgan fingerprint density at radius 1 is 0.757 bits per heavy atom. The third-order valence-corrected chi connectivity index (χ3v) is 5.66. The standard InChI is InChI=1S/C28H20O9/c1-15-8-26(29)37-24-13-17(4-6-21(15)24)35-25-14-34-23-12-18(5-7-22(23)27(25)30)36-28(31)16-9-19(32-2)11-20(10-16)33-3/h4-14H,1-3H3. The second-order valence-electron chi connectivity index (χ2n) is 8.09. The monoisotopic (exact) mass is 500 g/mol. The summed E-state index contributed by atoms with van der Waals surface area (Å²) in [6.45, 7) is 1.80. The maximum Gasteiger partial charge on any atom is 0.343 e. The Morgan fingerprint density at radius 3 is 2.16 bits per heavy atom. The SMILES string of the molecule is COc1cc(OC)cc(C(=O)Oc2ccc3c(=O)c(Oc4ccc5c(C)cc(=O)oc5c4)coc3c2)c1. The van der Waals surface area contributed by atoms with E-state index in [1.165, 1.54) is 62.9 Å². The van der Waals surface area contributed by atoms with Gasteiger partial charge >= 0.3 is 11.6 Å². The first kappa shape index (κ1) is 23.7. The predicted octanol–water partition coefficient (Wildman–Crippen LogP) is 5.24. The van der Waals surface area contributed by atoms with E-state index in [4.69, 9.17) is 27.8 Å². The minimum absolute atomic E-state index is 0.0601. The van der Waals surface area contributed by atoms with Gasteiger partial charge in [-0.05, 0) is 48.9 Å². The molecular weight excluding hydrogens is 480 g/mol. The normalized spacial score (nSPS) is 10.9. The van der Waals surface area contributed by atoms with Crippen molar-refractivity contribution >= 4 is 27.9 Å². The fourth-order valence-electron chi connectivity index (χ4n) is 3.81. The number of ether oxygens (including phenoxy) is 4. The lowest BCUT2D eigenvalue weighted by Crippen LogP contribution is -2.09. The van der Waals surface area contributed by atoms with E-state index in [1.54, 1.807) is 25.1 Å². The Morgan fingerprint density at radius 2 is 1.43 bits per heavy atom. The number of hydrogen-bond donors (Lipinski definition) is 0. The van der Waals surface area contributed by atoms with Crippen LogP contribution in [0.2, 0.25) is 0 Å². The van der Waals surface area contributed by atoms with Gasteiger partial charge < -0.3 is 27.8 Å². The number of aryl methyl sites for hydroxylation is 1. The molecule has 0 atom stereocenters. The minimum atomic E-state index is -0.642. The molecule has 2 heterocycles. The highest BCUT2D eigenvalue weighted by Gasteiger charge is 2.15. The number of rotatable bonds is 6. The molecular formula is C28H20O9. The van der Waals surface area contributed by atoms with Gasteiger partial charge in [0.1, 0.15) is 40.4 Å². The second-order valence-corrected chi connectivity index (χ2v) is 8.09. The Hall–Kier alpha value is -5.05. The van der Waals surface area contributed by atoms with Crippen LogP contribution >= 0.6 is 0 Å². The van der Waals surface area contributed by atoms with Gasteiger partial charge in [0.2, 0.25) is 11.2 Å². The van der Waals surface area contributed by atoms with Crippen LogP contribution in [0.15, 0.2) is 85.4 Å². The summed E-state index contributed by atoms with van der Waals surface area (Å²) in [4.78, 5) is 37.4. The molecule has 0 aliphatic carbocycles. The van der Waals surface area contributed by atoms with Gasteiger partial charge in [-0.15, -0.1) is 0 Å². The average Bonchev–Trinajstić information content (AvgIpc) is 2.89.